The second-order valence-corrected chi connectivity index (χ2v) is 4.66. The maximum atomic E-state index is 12.1. The summed E-state index contributed by atoms with van der Waals surface area (Å²) in [6.07, 6.45) is 1.85. The lowest BCUT2D eigenvalue weighted by Gasteiger charge is -2.08. The van der Waals surface area contributed by atoms with Crippen molar-refractivity contribution in [1.29, 1.82) is 0 Å². The van der Waals surface area contributed by atoms with Crippen LogP contribution in [0.1, 0.15) is 37.0 Å². The van der Waals surface area contributed by atoms with E-state index in [2.05, 4.69) is 6.92 Å². The van der Waals surface area contributed by atoms with Crippen molar-refractivity contribution in [1.82, 2.24) is 4.57 Å². The van der Waals surface area contributed by atoms with E-state index in [1.807, 2.05) is 6.92 Å². The number of Topliss-reactive ketones (excluding diaryl/α,β-unsaturated/α-hetero) is 1. The fourth-order valence-corrected chi connectivity index (χ4v) is 2.14. The average molecular weight is 247 g/mol. The van der Waals surface area contributed by atoms with Crippen LogP contribution in [0.15, 0.2) is 27.4 Å². The molecule has 1 heterocycles. The molecule has 18 heavy (non-hydrogen) atoms. The van der Waals surface area contributed by atoms with Crippen LogP contribution in [0.3, 0.4) is 0 Å². The summed E-state index contributed by atoms with van der Waals surface area (Å²) in [6.45, 7) is 3.99. The normalized spacial score (nSPS) is 12.8. The zero-order valence-electron chi connectivity index (χ0n) is 10.9. The molecule has 0 saturated carbocycles. The molecule has 0 fully saturated rings. The topological polar surface area (TPSA) is 52.2 Å². The Bertz CT molecular complexity index is 636. The highest BCUT2D eigenvalue weighted by atomic mass is 16.4. The number of ketones is 1. The summed E-state index contributed by atoms with van der Waals surface area (Å²) in [7, 11) is 1.65. The first kappa shape index (κ1) is 12.6. The molecule has 0 aliphatic rings. The van der Waals surface area contributed by atoms with Crippen LogP contribution in [0.2, 0.25) is 0 Å². The first-order chi connectivity index (χ1) is 8.54. The number of oxazole rings is 1. The van der Waals surface area contributed by atoms with Gasteiger partial charge in [0.1, 0.15) is 0 Å². The number of aryl methyl sites for hydroxylation is 1. The maximum absolute atomic E-state index is 12.1. The molecule has 4 nitrogen and oxygen atoms in total. The van der Waals surface area contributed by atoms with E-state index >= 15 is 0 Å². The Kier molecular flexibility index (Phi) is 3.36. The first-order valence-electron chi connectivity index (χ1n) is 6.18. The highest BCUT2D eigenvalue weighted by Crippen LogP contribution is 2.18. The minimum Gasteiger partial charge on any atom is -0.408 e. The molecule has 0 bridgehead atoms. The average Bonchev–Trinajstić information content (AvgIpc) is 2.64. The van der Waals surface area contributed by atoms with Gasteiger partial charge in [0.05, 0.1) is 5.52 Å². The van der Waals surface area contributed by atoms with Crippen molar-refractivity contribution in [3.63, 3.8) is 0 Å². The zero-order chi connectivity index (χ0) is 13.3. The second kappa shape index (κ2) is 4.80. The molecule has 0 radical (unpaired) electrons. The van der Waals surface area contributed by atoms with Gasteiger partial charge in [0.15, 0.2) is 11.4 Å². The molecular weight excluding hydrogens is 230 g/mol. The molecule has 1 atom stereocenters. The van der Waals surface area contributed by atoms with Crippen molar-refractivity contribution in [3.05, 3.63) is 34.3 Å². The monoisotopic (exact) mass is 247 g/mol. The van der Waals surface area contributed by atoms with E-state index < -0.39 is 5.76 Å². The smallest absolute Gasteiger partial charge is 0.408 e. The molecular formula is C14H17NO3. The van der Waals surface area contributed by atoms with Crippen LogP contribution >= 0.6 is 0 Å². The lowest BCUT2D eigenvalue weighted by Crippen LogP contribution is -2.11. The van der Waals surface area contributed by atoms with E-state index in [0.717, 1.165) is 12.8 Å². The lowest BCUT2D eigenvalue weighted by atomic mass is 9.95. The Morgan fingerprint density at radius 2 is 2.17 bits per heavy atom. The molecule has 1 unspecified atom stereocenters. The number of nitrogens with zero attached hydrogens (tertiary/aromatic N) is 1. The van der Waals surface area contributed by atoms with E-state index in [1.165, 1.54) is 4.57 Å². The quantitative estimate of drug-likeness (QED) is 0.780. The molecule has 0 spiro atoms. The van der Waals surface area contributed by atoms with Gasteiger partial charge in [-0.1, -0.05) is 20.3 Å². The summed E-state index contributed by atoms with van der Waals surface area (Å²) in [5.41, 5.74) is 1.79. The molecule has 1 aromatic heterocycles. The van der Waals surface area contributed by atoms with E-state index in [-0.39, 0.29) is 11.7 Å². The summed E-state index contributed by atoms with van der Waals surface area (Å²) in [4.78, 5) is 23.5. The van der Waals surface area contributed by atoms with Crippen LogP contribution in [-0.4, -0.2) is 10.4 Å². The van der Waals surface area contributed by atoms with Gasteiger partial charge in [0.25, 0.3) is 0 Å². The standard InChI is InChI=1S/C14H17NO3/c1-4-5-9(2)13(16)10-6-7-11-12(8-10)18-14(17)15(11)3/h6-9H,4-5H2,1-3H3. The first-order valence-corrected chi connectivity index (χ1v) is 6.18. The summed E-state index contributed by atoms with van der Waals surface area (Å²) in [5, 5.41) is 0. The van der Waals surface area contributed by atoms with Crippen molar-refractivity contribution in [3.8, 4) is 0 Å². The number of fused-ring (bicyclic) bond motifs is 1. The molecule has 0 saturated heterocycles. The number of rotatable bonds is 4. The Labute approximate surface area is 105 Å². The third-order valence-corrected chi connectivity index (χ3v) is 3.25. The molecule has 0 N–H and O–H groups in total. The van der Waals surface area contributed by atoms with Gasteiger partial charge in [-0.2, -0.15) is 0 Å². The SMILES string of the molecule is CCCC(C)C(=O)c1ccc2c(c1)oc(=O)n2C. The molecule has 0 aliphatic heterocycles. The van der Waals surface area contributed by atoms with Gasteiger partial charge in [0.2, 0.25) is 0 Å². The maximum Gasteiger partial charge on any atom is 0.419 e. The fraction of sp³-hybridized carbons (Fsp3) is 0.429. The lowest BCUT2D eigenvalue weighted by molar-refractivity contribution is 0.0923. The van der Waals surface area contributed by atoms with Gasteiger partial charge in [0, 0.05) is 18.5 Å². The van der Waals surface area contributed by atoms with Crippen LogP contribution < -0.4 is 5.76 Å². The van der Waals surface area contributed by atoms with Gasteiger partial charge in [-0.3, -0.25) is 9.36 Å². The van der Waals surface area contributed by atoms with Gasteiger partial charge in [-0.25, -0.2) is 4.79 Å². The molecule has 2 aromatic rings. The van der Waals surface area contributed by atoms with Gasteiger partial charge >= 0.3 is 5.76 Å². The number of carbonyl (C=O) groups excluding carboxylic acids is 1. The number of benzene rings is 1. The van der Waals surface area contributed by atoms with Crippen LogP contribution in [-0.2, 0) is 7.05 Å². The Morgan fingerprint density at radius 1 is 1.44 bits per heavy atom. The minimum absolute atomic E-state index is 0.00267. The predicted octanol–water partition coefficient (Wildman–Crippen LogP) is 2.75. The second-order valence-electron chi connectivity index (χ2n) is 4.66. The molecule has 4 heteroatoms. The largest absolute Gasteiger partial charge is 0.419 e. The molecule has 1 aromatic carbocycles. The van der Waals surface area contributed by atoms with Crippen LogP contribution in [0, 0.1) is 5.92 Å². The van der Waals surface area contributed by atoms with Gasteiger partial charge < -0.3 is 4.42 Å². The third kappa shape index (κ3) is 2.10. The summed E-state index contributed by atoms with van der Waals surface area (Å²) in [5.74, 6) is -0.302. The molecule has 0 amide bonds. The Morgan fingerprint density at radius 3 is 2.83 bits per heavy atom. The van der Waals surface area contributed by atoms with E-state index in [9.17, 15) is 9.59 Å². The van der Waals surface area contributed by atoms with E-state index in [4.69, 9.17) is 4.42 Å². The fourth-order valence-electron chi connectivity index (χ4n) is 2.14. The number of hydrogen-bond acceptors (Lipinski definition) is 3. The van der Waals surface area contributed by atoms with Gasteiger partial charge in [-0.05, 0) is 24.6 Å². The van der Waals surface area contributed by atoms with Gasteiger partial charge in [-0.15, -0.1) is 0 Å². The zero-order valence-corrected chi connectivity index (χ0v) is 10.9. The predicted molar refractivity (Wildman–Crippen MR) is 69.9 cm³/mol. The van der Waals surface area contributed by atoms with Crippen molar-refractivity contribution in [2.75, 3.05) is 0 Å². The molecule has 96 valence electrons. The number of aromatic nitrogens is 1. The van der Waals surface area contributed by atoms with E-state index in [1.54, 1.807) is 25.2 Å². The summed E-state index contributed by atoms with van der Waals surface area (Å²) < 4.78 is 6.51. The van der Waals surface area contributed by atoms with Crippen molar-refractivity contribution < 1.29 is 9.21 Å². The number of carbonyl (C=O) groups is 1. The Hall–Kier alpha value is -1.84. The summed E-state index contributed by atoms with van der Waals surface area (Å²) >= 11 is 0. The molecule has 2 rings (SSSR count). The highest BCUT2D eigenvalue weighted by molar-refractivity contribution is 5.99. The van der Waals surface area contributed by atoms with Crippen LogP contribution in [0.4, 0.5) is 0 Å². The third-order valence-electron chi connectivity index (χ3n) is 3.25. The minimum atomic E-state index is -0.406. The Balaban J connectivity index is 2.41. The van der Waals surface area contributed by atoms with Crippen LogP contribution in [0.25, 0.3) is 11.1 Å². The van der Waals surface area contributed by atoms with Crippen molar-refractivity contribution in [2.45, 2.75) is 26.7 Å². The van der Waals surface area contributed by atoms with E-state index in [0.29, 0.717) is 16.7 Å². The molecule has 0 aliphatic carbocycles. The number of hydrogen-bond donors (Lipinski definition) is 0. The summed E-state index contributed by atoms with van der Waals surface area (Å²) in [6, 6.07) is 5.17. The highest BCUT2D eigenvalue weighted by Gasteiger charge is 2.16. The van der Waals surface area contributed by atoms with Crippen molar-refractivity contribution in [2.24, 2.45) is 13.0 Å². The van der Waals surface area contributed by atoms with Crippen molar-refractivity contribution >= 4 is 16.9 Å². The van der Waals surface area contributed by atoms with Crippen LogP contribution in [0.5, 0.6) is 0 Å².